The third-order valence-corrected chi connectivity index (χ3v) is 2.64. The normalized spacial score (nSPS) is 23.3. The monoisotopic (exact) mass is 185 g/mol. The van der Waals surface area contributed by atoms with Crippen molar-refractivity contribution in [3.63, 3.8) is 0 Å². The van der Waals surface area contributed by atoms with Crippen molar-refractivity contribution in [2.45, 2.75) is 38.1 Å². The zero-order valence-corrected chi connectivity index (χ0v) is 8.52. The van der Waals surface area contributed by atoms with E-state index in [4.69, 9.17) is 5.73 Å². The fraction of sp³-hybridized carbons (Fsp3) is 1.00. The van der Waals surface area contributed by atoms with E-state index >= 15 is 0 Å². The zero-order valence-electron chi connectivity index (χ0n) is 8.52. The second-order valence-electron chi connectivity index (χ2n) is 3.83. The molecule has 0 amide bonds. The summed E-state index contributed by atoms with van der Waals surface area (Å²) in [6, 6.07) is 0.763. The minimum Gasteiger partial charge on any atom is -0.330 e. The van der Waals surface area contributed by atoms with Gasteiger partial charge < -0.3 is 16.4 Å². The maximum atomic E-state index is 5.40. The molecule has 0 aromatic carbocycles. The van der Waals surface area contributed by atoms with Crippen molar-refractivity contribution >= 4 is 0 Å². The van der Waals surface area contributed by atoms with Crippen LogP contribution in [0.25, 0.3) is 0 Å². The molecule has 1 fully saturated rings. The van der Waals surface area contributed by atoms with Gasteiger partial charge >= 0.3 is 0 Å². The van der Waals surface area contributed by atoms with Crippen LogP contribution in [0.2, 0.25) is 0 Å². The molecule has 1 unspecified atom stereocenters. The van der Waals surface area contributed by atoms with Gasteiger partial charge in [0, 0.05) is 6.04 Å². The van der Waals surface area contributed by atoms with Gasteiger partial charge in [-0.15, -0.1) is 0 Å². The molecular formula is C10H23N3. The summed E-state index contributed by atoms with van der Waals surface area (Å²) in [5.74, 6) is 0. The van der Waals surface area contributed by atoms with Crippen molar-refractivity contribution in [1.82, 2.24) is 10.6 Å². The van der Waals surface area contributed by atoms with E-state index in [1.807, 2.05) is 0 Å². The summed E-state index contributed by atoms with van der Waals surface area (Å²) in [4.78, 5) is 0. The second-order valence-corrected chi connectivity index (χ2v) is 3.83. The molecule has 1 heterocycles. The molecule has 1 aliphatic heterocycles. The van der Waals surface area contributed by atoms with Crippen LogP contribution in [-0.4, -0.2) is 32.2 Å². The fourth-order valence-corrected chi connectivity index (χ4v) is 1.80. The molecule has 0 saturated carbocycles. The predicted molar refractivity (Wildman–Crippen MR) is 56.8 cm³/mol. The van der Waals surface area contributed by atoms with Gasteiger partial charge in [-0.25, -0.2) is 0 Å². The molecule has 0 spiro atoms. The van der Waals surface area contributed by atoms with Gasteiger partial charge in [0.25, 0.3) is 0 Å². The Morgan fingerprint density at radius 3 is 2.92 bits per heavy atom. The summed E-state index contributed by atoms with van der Waals surface area (Å²) in [7, 11) is 0. The molecule has 13 heavy (non-hydrogen) atoms. The zero-order chi connectivity index (χ0) is 9.36. The van der Waals surface area contributed by atoms with E-state index in [1.54, 1.807) is 0 Å². The Kier molecular flexibility index (Phi) is 6.15. The lowest BCUT2D eigenvalue weighted by molar-refractivity contribution is 0.376. The first-order valence-corrected chi connectivity index (χ1v) is 5.57. The summed E-state index contributed by atoms with van der Waals surface area (Å²) in [6.07, 6.45) is 6.48. The highest BCUT2D eigenvalue weighted by Crippen LogP contribution is 2.08. The maximum Gasteiger partial charge on any atom is 0.00791 e. The summed E-state index contributed by atoms with van der Waals surface area (Å²) in [5.41, 5.74) is 5.40. The lowest BCUT2D eigenvalue weighted by atomic mass is 10.0. The molecule has 0 radical (unpaired) electrons. The molecule has 0 aromatic rings. The van der Waals surface area contributed by atoms with Crippen molar-refractivity contribution in [1.29, 1.82) is 0 Å². The fourth-order valence-electron chi connectivity index (χ4n) is 1.80. The number of nitrogens with two attached hydrogens (primary N) is 1. The first kappa shape index (κ1) is 11.0. The first-order valence-electron chi connectivity index (χ1n) is 5.57. The standard InChI is InChI=1S/C10H23N3/c11-6-3-7-12-9-5-10-4-1-2-8-13-10/h10,12-13H,1-9,11H2. The van der Waals surface area contributed by atoms with Crippen LogP contribution in [0.15, 0.2) is 0 Å². The summed E-state index contributed by atoms with van der Waals surface area (Å²) >= 11 is 0. The third kappa shape index (κ3) is 5.24. The van der Waals surface area contributed by atoms with Crippen molar-refractivity contribution in [2.24, 2.45) is 5.73 Å². The predicted octanol–water partition coefficient (Wildman–Crippen LogP) is 0.457. The average Bonchev–Trinajstić information content (AvgIpc) is 2.19. The summed E-state index contributed by atoms with van der Waals surface area (Å²) in [6.45, 7) is 4.23. The van der Waals surface area contributed by atoms with E-state index in [2.05, 4.69) is 10.6 Å². The Morgan fingerprint density at radius 2 is 2.23 bits per heavy atom. The van der Waals surface area contributed by atoms with E-state index in [-0.39, 0.29) is 0 Å². The van der Waals surface area contributed by atoms with Crippen molar-refractivity contribution in [3.05, 3.63) is 0 Å². The maximum absolute atomic E-state index is 5.40. The van der Waals surface area contributed by atoms with Crippen molar-refractivity contribution in [3.8, 4) is 0 Å². The molecule has 0 aromatic heterocycles. The van der Waals surface area contributed by atoms with E-state index in [0.29, 0.717) is 0 Å². The molecule has 3 heteroatoms. The molecule has 1 rings (SSSR count). The second kappa shape index (κ2) is 7.30. The Bertz CT molecular complexity index is 111. The lowest BCUT2D eigenvalue weighted by Crippen LogP contribution is -2.36. The lowest BCUT2D eigenvalue weighted by Gasteiger charge is -2.23. The topological polar surface area (TPSA) is 50.1 Å². The first-order chi connectivity index (χ1) is 6.43. The van der Waals surface area contributed by atoms with E-state index in [1.165, 1.54) is 32.2 Å². The molecule has 1 aliphatic rings. The molecule has 1 atom stereocenters. The number of piperidine rings is 1. The molecule has 0 bridgehead atoms. The van der Waals surface area contributed by atoms with Crippen LogP contribution in [0.3, 0.4) is 0 Å². The summed E-state index contributed by atoms with van der Waals surface area (Å²) < 4.78 is 0. The molecule has 0 aliphatic carbocycles. The molecule has 3 nitrogen and oxygen atoms in total. The Balaban J connectivity index is 1.86. The minimum absolute atomic E-state index is 0.763. The third-order valence-electron chi connectivity index (χ3n) is 2.64. The van der Waals surface area contributed by atoms with Crippen molar-refractivity contribution < 1.29 is 0 Å². The van der Waals surface area contributed by atoms with Gasteiger partial charge in [-0.05, 0) is 51.9 Å². The SMILES string of the molecule is NCCCNCCC1CCCCN1. The van der Waals surface area contributed by atoms with Gasteiger partial charge in [0.15, 0.2) is 0 Å². The Morgan fingerprint density at radius 1 is 1.31 bits per heavy atom. The highest BCUT2D eigenvalue weighted by Gasteiger charge is 2.10. The van der Waals surface area contributed by atoms with Gasteiger partial charge in [-0.2, -0.15) is 0 Å². The van der Waals surface area contributed by atoms with Crippen LogP contribution in [0.4, 0.5) is 0 Å². The quantitative estimate of drug-likeness (QED) is 0.527. The van der Waals surface area contributed by atoms with E-state index in [0.717, 1.165) is 32.1 Å². The van der Waals surface area contributed by atoms with Gasteiger partial charge in [0.2, 0.25) is 0 Å². The highest BCUT2D eigenvalue weighted by atomic mass is 14.9. The molecule has 1 saturated heterocycles. The number of hydrogen-bond donors (Lipinski definition) is 3. The highest BCUT2D eigenvalue weighted by molar-refractivity contribution is 4.72. The van der Waals surface area contributed by atoms with Crippen LogP contribution >= 0.6 is 0 Å². The molecular weight excluding hydrogens is 162 g/mol. The molecule has 4 N–H and O–H groups in total. The molecule has 78 valence electrons. The Hall–Kier alpha value is -0.120. The number of nitrogens with one attached hydrogen (secondary N) is 2. The van der Waals surface area contributed by atoms with Gasteiger partial charge in [0.05, 0.1) is 0 Å². The van der Waals surface area contributed by atoms with E-state index < -0.39 is 0 Å². The summed E-state index contributed by atoms with van der Waals surface area (Å²) in [5, 5.41) is 6.96. The van der Waals surface area contributed by atoms with Crippen LogP contribution in [0, 0.1) is 0 Å². The van der Waals surface area contributed by atoms with Gasteiger partial charge in [-0.3, -0.25) is 0 Å². The van der Waals surface area contributed by atoms with E-state index in [9.17, 15) is 0 Å². The van der Waals surface area contributed by atoms with Crippen LogP contribution < -0.4 is 16.4 Å². The van der Waals surface area contributed by atoms with Crippen LogP contribution in [0.1, 0.15) is 32.1 Å². The smallest absolute Gasteiger partial charge is 0.00791 e. The minimum atomic E-state index is 0.763. The van der Waals surface area contributed by atoms with Crippen LogP contribution in [-0.2, 0) is 0 Å². The van der Waals surface area contributed by atoms with Gasteiger partial charge in [-0.1, -0.05) is 6.42 Å². The van der Waals surface area contributed by atoms with Gasteiger partial charge in [0.1, 0.15) is 0 Å². The largest absolute Gasteiger partial charge is 0.330 e. The average molecular weight is 185 g/mol. The number of rotatable bonds is 6. The van der Waals surface area contributed by atoms with Crippen molar-refractivity contribution in [2.75, 3.05) is 26.2 Å². The number of hydrogen-bond acceptors (Lipinski definition) is 3. The Labute approximate surface area is 81.5 Å². The van der Waals surface area contributed by atoms with Crippen LogP contribution in [0.5, 0.6) is 0 Å².